The Labute approximate surface area is 120 Å². The van der Waals surface area contributed by atoms with Gasteiger partial charge in [0.05, 0.1) is 17.3 Å². The molecule has 3 nitrogen and oxygen atoms in total. The molecule has 0 bridgehead atoms. The van der Waals surface area contributed by atoms with Crippen molar-refractivity contribution in [1.82, 2.24) is 4.98 Å². The molecule has 0 N–H and O–H groups in total. The van der Waals surface area contributed by atoms with Crippen LogP contribution in [0.3, 0.4) is 0 Å². The van der Waals surface area contributed by atoms with Gasteiger partial charge in [0.2, 0.25) is 0 Å². The summed E-state index contributed by atoms with van der Waals surface area (Å²) >= 11 is 2.85. The average molecular weight is 291 g/mol. The van der Waals surface area contributed by atoms with E-state index in [0.29, 0.717) is 6.42 Å². The van der Waals surface area contributed by atoms with Gasteiger partial charge in [-0.1, -0.05) is 17.7 Å². The number of hydrogen-bond donors (Lipinski definition) is 0. The molecule has 0 aliphatic rings. The Hall–Kier alpha value is -1.51. The van der Waals surface area contributed by atoms with Crippen LogP contribution in [0.15, 0.2) is 18.2 Å². The number of thioether (sulfide) groups is 1. The molecule has 0 atom stereocenters. The molecule has 98 valence electrons. The summed E-state index contributed by atoms with van der Waals surface area (Å²) in [5.74, 6) is 7.64. The van der Waals surface area contributed by atoms with Crippen molar-refractivity contribution in [3.63, 3.8) is 0 Å². The van der Waals surface area contributed by atoms with Crippen molar-refractivity contribution in [3.05, 3.63) is 23.2 Å². The molecule has 19 heavy (non-hydrogen) atoms. The minimum atomic E-state index is 0.133. The first kappa shape index (κ1) is 13.9. The lowest BCUT2D eigenvalue weighted by atomic mass is 10.3. The van der Waals surface area contributed by atoms with Crippen LogP contribution in [0, 0.1) is 11.8 Å². The number of ether oxygens (including phenoxy) is 1. The second-order valence-corrected chi connectivity index (χ2v) is 6.05. The van der Waals surface area contributed by atoms with E-state index in [-0.39, 0.29) is 5.12 Å². The molecule has 1 aromatic heterocycles. The standard InChI is InChI=1S/C14H13NO2S2/c1-10(16)18-8-4-3-5-14-15-12-7-6-11(17-2)9-13(12)19-14/h6-7,9H,4,8H2,1-2H3. The highest BCUT2D eigenvalue weighted by Gasteiger charge is 2.02. The van der Waals surface area contributed by atoms with Crippen LogP contribution in [0.2, 0.25) is 0 Å². The van der Waals surface area contributed by atoms with E-state index in [4.69, 9.17) is 4.74 Å². The van der Waals surface area contributed by atoms with Gasteiger partial charge in [-0.2, -0.15) is 0 Å². The zero-order valence-corrected chi connectivity index (χ0v) is 12.4. The zero-order valence-electron chi connectivity index (χ0n) is 10.7. The van der Waals surface area contributed by atoms with E-state index in [1.807, 2.05) is 18.2 Å². The lowest BCUT2D eigenvalue weighted by Gasteiger charge is -1.96. The number of benzene rings is 1. The van der Waals surface area contributed by atoms with Crippen LogP contribution in [0.25, 0.3) is 10.2 Å². The number of hydrogen-bond acceptors (Lipinski definition) is 5. The summed E-state index contributed by atoms with van der Waals surface area (Å²) in [5, 5.41) is 0.935. The molecule has 1 aromatic carbocycles. The van der Waals surface area contributed by atoms with Crippen molar-refractivity contribution < 1.29 is 9.53 Å². The number of thiazole rings is 1. The van der Waals surface area contributed by atoms with Crippen LogP contribution in [-0.2, 0) is 4.79 Å². The molecule has 0 amide bonds. The van der Waals surface area contributed by atoms with Gasteiger partial charge < -0.3 is 4.74 Å². The summed E-state index contributed by atoms with van der Waals surface area (Å²) in [4.78, 5) is 15.2. The Morgan fingerprint density at radius 2 is 2.37 bits per heavy atom. The molecule has 0 spiro atoms. The fraction of sp³-hybridized carbons (Fsp3) is 0.286. The highest BCUT2D eigenvalue weighted by Crippen LogP contribution is 2.25. The predicted molar refractivity (Wildman–Crippen MR) is 80.8 cm³/mol. The Kier molecular flexibility index (Phi) is 4.83. The summed E-state index contributed by atoms with van der Waals surface area (Å²) < 4.78 is 6.25. The Bertz CT molecular complexity index is 652. The van der Waals surface area contributed by atoms with Crippen molar-refractivity contribution in [2.45, 2.75) is 13.3 Å². The first-order valence-electron chi connectivity index (χ1n) is 5.76. The third kappa shape index (κ3) is 3.98. The van der Waals surface area contributed by atoms with Crippen LogP contribution in [-0.4, -0.2) is 23.0 Å². The van der Waals surface area contributed by atoms with E-state index in [9.17, 15) is 4.79 Å². The molecule has 0 aliphatic heterocycles. The van der Waals surface area contributed by atoms with Gasteiger partial charge in [0.25, 0.3) is 0 Å². The SMILES string of the molecule is COc1ccc2nc(C#CCCSC(C)=O)sc2c1. The molecule has 0 saturated heterocycles. The number of carbonyl (C=O) groups is 1. The number of nitrogens with zero attached hydrogens (tertiary/aromatic N) is 1. The van der Waals surface area contributed by atoms with Crippen molar-refractivity contribution in [1.29, 1.82) is 0 Å². The number of aromatic nitrogens is 1. The number of fused-ring (bicyclic) bond motifs is 1. The maximum atomic E-state index is 10.7. The molecule has 1 heterocycles. The van der Waals surface area contributed by atoms with E-state index >= 15 is 0 Å². The quantitative estimate of drug-likeness (QED) is 0.642. The summed E-state index contributed by atoms with van der Waals surface area (Å²) in [7, 11) is 1.65. The van der Waals surface area contributed by atoms with Crippen molar-refractivity contribution in [2.24, 2.45) is 0 Å². The van der Waals surface area contributed by atoms with Crippen LogP contribution in [0.5, 0.6) is 5.75 Å². The van der Waals surface area contributed by atoms with Crippen LogP contribution < -0.4 is 4.74 Å². The van der Waals surface area contributed by atoms with E-state index < -0.39 is 0 Å². The maximum Gasteiger partial charge on any atom is 0.185 e. The van der Waals surface area contributed by atoms with Gasteiger partial charge in [0.15, 0.2) is 10.1 Å². The van der Waals surface area contributed by atoms with Gasteiger partial charge in [-0.25, -0.2) is 4.98 Å². The third-order valence-corrected chi connectivity index (χ3v) is 4.07. The van der Waals surface area contributed by atoms with Crippen molar-refractivity contribution in [3.8, 4) is 17.6 Å². The molecule has 5 heteroatoms. The second kappa shape index (κ2) is 6.60. The number of carbonyl (C=O) groups excluding carboxylic acids is 1. The first-order valence-corrected chi connectivity index (χ1v) is 7.56. The van der Waals surface area contributed by atoms with Gasteiger partial charge in [-0.15, -0.1) is 11.3 Å². The summed E-state index contributed by atoms with van der Waals surface area (Å²) in [6.45, 7) is 1.57. The molecular weight excluding hydrogens is 278 g/mol. The smallest absolute Gasteiger partial charge is 0.185 e. The van der Waals surface area contributed by atoms with E-state index in [1.54, 1.807) is 25.4 Å². The van der Waals surface area contributed by atoms with Crippen LogP contribution in [0.1, 0.15) is 18.4 Å². The monoisotopic (exact) mass is 291 g/mol. The van der Waals surface area contributed by atoms with Gasteiger partial charge in [0.1, 0.15) is 5.75 Å². The summed E-state index contributed by atoms with van der Waals surface area (Å²) in [6, 6.07) is 5.79. The molecule has 0 aliphatic carbocycles. The molecular formula is C14H13NO2S2. The second-order valence-electron chi connectivity index (χ2n) is 3.74. The Balaban J connectivity index is 2.05. The predicted octanol–water partition coefficient (Wildman–Crippen LogP) is 3.33. The molecule has 0 radical (unpaired) electrons. The highest BCUT2D eigenvalue weighted by atomic mass is 32.2. The number of rotatable bonds is 3. The zero-order chi connectivity index (χ0) is 13.7. The minimum absolute atomic E-state index is 0.133. The van der Waals surface area contributed by atoms with Crippen molar-refractivity contribution >= 4 is 38.4 Å². The van der Waals surface area contributed by atoms with Gasteiger partial charge in [0, 0.05) is 19.1 Å². The Morgan fingerprint density at radius 3 is 3.11 bits per heavy atom. The van der Waals surface area contributed by atoms with Crippen molar-refractivity contribution in [2.75, 3.05) is 12.9 Å². The third-order valence-electron chi connectivity index (χ3n) is 2.32. The van der Waals surface area contributed by atoms with E-state index in [2.05, 4.69) is 16.8 Å². The lowest BCUT2D eigenvalue weighted by Crippen LogP contribution is -1.83. The lowest BCUT2D eigenvalue weighted by molar-refractivity contribution is -0.109. The molecule has 0 saturated carbocycles. The fourth-order valence-electron chi connectivity index (χ4n) is 1.47. The van der Waals surface area contributed by atoms with E-state index in [1.165, 1.54) is 11.8 Å². The van der Waals surface area contributed by atoms with Crippen LogP contribution in [0.4, 0.5) is 0 Å². The minimum Gasteiger partial charge on any atom is -0.497 e. The highest BCUT2D eigenvalue weighted by molar-refractivity contribution is 8.13. The van der Waals surface area contributed by atoms with Gasteiger partial charge >= 0.3 is 0 Å². The van der Waals surface area contributed by atoms with Gasteiger partial charge in [-0.05, 0) is 24.1 Å². The van der Waals surface area contributed by atoms with Crippen LogP contribution >= 0.6 is 23.1 Å². The molecule has 0 unspecified atom stereocenters. The normalized spacial score (nSPS) is 10.0. The van der Waals surface area contributed by atoms with E-state index in [0.717, 1.165) is 26.7 Å². The molecule has 2 rings (SSSR count). The summed E-state index contributed by atoms with van der Waals surface area (Å²) in [5.41, 5.74) is 0.938. The van der Waals surface area contributed by atoms with Gasteiger partial charge in [-0.3, -0.25) is 4.79 Å². The number of methoxy groups -OCH3 is 1. The maximum absolute atomic E-state index is 10.7. The first-order chi connectivity index (χ1) is 9.19. The molecule has 0 fully saturated rings. The topological polar surface area (TPSA) is 39.2 Å². The average Bonchev–Trinajstić information content (AvgIpc) is 2.79. The largest absolute Gasteiger partial charge is 0.497 e. The Morgan fingerprint density at radius 1 is 1.53 bits per heavy atom. The molecule has 2 aromatic rings. The summed E-state index contributed by atoms with van der Waals surface area (Å²) in [6.07, 6.45) is 0.698. The fourth-order valence-corrected chi connectivity index (χ4v) is 2.83.